The van der Waals surface area contributed by atoms with E-state index in [9.17, 15) is 14.3 Å². The molecule has 0 fully saturated rings. The van der Waals surface area contributed by atoms with E-state index in [1.807, 2.05) is 67.6 Å². The molecule has 0 radical (unpaired) electrons. The lowest BCUT2D eigenvalue weighted by atomic mass is 9.91. The van der Waals surface area contributed by atoms with E-state index >= 15 is 0 Å². The van der Waals surface area contributed by atoms with Crippen molar-refractivity contribution in [2.45, 2.75) is 43.9 Å². The highest BCUT2D eigenvalue weighted by atomic mass is 31.2. The third-order valence-electron chi connectivity index (χ3n) is 4.60. The van der Waals surface area contributed by atoms with Gasteiger partial charge in [0.1, 0.15) is 0 Å². The summed E-state index contributed by atoms with van der Waals surface area (Å²) in [5.41, 5.74) is 1.39. The minimum Gasteiger partial charge on any atom is -0.481 e. The topological polar surface area (TPSA) is 74.6 Å². The van der Waals surface area contributed by atoms with Gasteiger partial charge in [0, 0.05) is 18.2 Å². The first-order chi connectivity index (χ1) is 11.9. The second-order valence-corrected chi connectivity index (χ2v) is 9.09. The Morgan fingerprint density at radius 1 is 1.04 bits per heavy atom. The molecule has 0 bridgehead atoms. The molecule has 2 rings (SSSR count). The molecule has 4 nitrogen and oxygen atoms in total. The molecule has 0 aliphatic heterocycles. The molecule has 0 heterocycles. The highest BCUT2D eigenvalue weighted by Crippen LogP contribution is 2.55. The number of hydrogen-bond donors (Lipinski definition) is 2. The Labute approximate surface area is 149 Å². The molecule has 0 aliphatic rings. The van der Waals surface area contributed by atoms with Gasteiger partial charge in [0.05, 0.1) is 0 Å². The molecule has 0 spiro atoms. The van der Waals surface area contributed by atoms with Crippen molar-refractivity contribution >= 4 is 13.3 Å². The molecule has 2 N–H and O–H groups in total. The van der Waals surface area contributed by atoms with E-state index in [-0.39, 0.29) is 18.5 Å². The monoisotopic (exact) mass is 360 g/mol. The van der Waals surface area contributed by atoms with E-state index in [0.717, 1.165) is 11.1 Å². The SMILES string of the molecule is CC(C(CCCC(=O)O)c1ccccc1)P(=O)(O)Cc1ccccc1. The maximum Gasteiger partial charge on any atom is 0.303 e. The molecule has 5 heteroatoms. The summed E-state index contributed by atoms with van der Waals surface area (Å²) in [5, 5.41) is 8.89. The van der Waals surface area contributed by atoms with Crippen molar-refractivity contribution < 1.29 is 19.4 Å². The molecule has 25 heavy (non-hydrogen) atoms. The highest BCUT2D eigenvalue weighted by Gasteiger charge is 2.34. The fourth-order valence-electron chi connectivity index (χ4n) is 3.13. The lowest BCUT2D eigenvalue weighted by Crippen LogP contribution is -2.17. The van der Waals surface area contributed by atoms with E-state index in [1.165, 1.54) is 0 Å². The molecule has 2 aromatic carbocycles. The van der Waals surface area contributed by atoms with Gasteiger partial charge in [0.2, 0.25) is 7.37 Å². The number of carbonyl (C=O) groups is 1. The zero-order valence-corrected chi connectivity index (χ0v) is 15.3. The van der Waals surface area contributed by atoms with E-state index in [2.05, 4.69) is 0 Å². The number of rotatable bonds is 9. The quantitative estimate of drug-likeness (QED) is 0.625. The molecule has 0 amide bonds. The van der Waals surface area contributed by atoms with Crippen LogP contribution in [0.3, 0.4) is 0 Å². The molecule has 134 valence electrons. The van der Waals surface area contributed by atoms with Crippen LogP contribution in [0.4, 0.5) is 0 Å². The summed E-state index contributed by atoms with van der Waals surface area (Å²) in [6, 6.07) is 18.9. The summed E-state index contributed by atoms with van der Waals surface area (Å²) in [7, 11) is -3.44. The third-order valence-corrected chi connectivity index (χ3v) is 7.06. The van der Waals surface area contributed by atoms with Crippen molar-refractivity contribution in [1.29, 1.82) is 0 Å². The van der Waals surface area contributed by atoms with Crippen molar-refractivity contribution in [2.24, 2.45) is 0 Å². The molecule has 0 saturated heterocycles. The van der Waals surface area contributed by atoms with Crippen LogP contribution >= 0.6 is 7.37 Å². The first-order valence-electron chi connectivity index (χ1n) is 8.52. The fourth-order valence-corrected chi connectivity index (χ4v) is 5.04. The Bertz CT molecular complexity index is 715. The fraction of sp³-hybridized carbons (Fsp3) is 0.350. The summed E-state index contributed by atoms with van der Waals surface area (Å²) in [4.78, 5) is 21.5. The van der Waals surface area contributed by atoms with E-state index in [0.29, 0.717) is 12.8 Å². The predicted molar refractivity (Wildman–Crippen MR) is 100 cm³/mol. The van der Waals surface area contributed by atoms with Crippen LogP contribution < -0.4 is 0 Å². The van der Waals surface area contributed by atoms with Crippen LogP contribution in [0, 0.1) is 0 Å². The lowest BCUT2D eigenvalue weighted by molar-refractivity contribution is -0.137. The summed E-state index contributed by atoms with van der Waals surface area (Å²) in [6.07, 6.45) is 1.28. The van der Waals surface area contributed by atoms with Crippen LogP contribution in [0.5, 0.6) is 0 Å². The van der Waals surface area contributed by atoms with Crippen molar-refractivity contribution in [3.8, 4) is 0 Å². The average molecular weight is 360 g/mol. The van der Waals surface area contributed by atoms with E-state index in [1.54, 1.807) is 0 Å². The molecule has 3 atom stereocenters. The first-order valence-corrected chi connectivity index (χ1v) is 10.4. The number of aliphatic carboxylic acids is 1. The number of carboxylic acid groups (broad SMARTS) is 1. The summed E-state index contributed by atoms with van der Waals surface area (Å²) < 4.78 is 13.0. The van der Waals surface area contributed by atoms with Gasteiger partial charge in [-0.05, 0) is 29.9 Å². The minimum atomic E-state index is -3.44. The van der Waals surface area contributed by atoms with Gasteiger partial charge in [-0.1, -0.05) is 67.6 Å². The van der Waals surface area contributed by atoms with E-state index < -0.39 is 19.0 Å². The van der Waals surface area contributed by atoms with Crippen molar-refractivity contribution in [3.63, 3.8) is 0 Å². The number of carboxylic acids is 1. The van der Waals surface area contributed by atoms with Gasteiger partial charge >= 0.3 is 5.97 Å². The van der Waals surface area contributed by atoms with Crippen molar-refractivity contribution in [3.05, 3.63) is 71.8 Å². The smallest absolute Gasteiger partial charge is 0.303 e. The number of hydrogen-bond acceptors (Lipinski definition) is 2. The Balaban J connectivity index is 2.19. The normalized spacial score (nSPS) is 15.9. The summed E-state index contributed by atoms with van der Waals surface area (Å²) in [5.74, 6) is -0.976. The maximum absolute atomic E-state index is 13.0. The minimum absolute atomic E-state index is 0.0739. The van der Waals surface area contributed by atoms with Crippen LogP contribution in [-0.2, 0) is 15.5 Å². The van der Waals surface area contributed by atoms with Gasteiger partial charge in [-0.2, -0.15) is 0 Å². The summed E-state index contributed by atoms with van der Waals surface area (Å²) in [6.45, 7) is 1.81. The Kier molecular flexibility index (Phi) is 6.98. The predicted octanol–water partition coefficient (Wildman–Crippen LogP) is 4.88. The first kappa shape index (κ1) is 19.4. The molecule has 0 aromatic heterocycles. The van der Waals surface area contributed by atoms with Gasteiger partial charge in [0.15, 0.2) is 0 Å². The van der Waals surface area contributed by atoms with Crippen molar-refractivity contribution in [1.82, 2.24) is 0 Å². The van der Waals surface area contributed by atoms with Crippen LogP contribution in [0.2, 0.25) is 0 Å². The molecule has 0 aliphatic carbocycles. The van der Waals surface area contributed by atoms with Gasteiger partial charge in [0.25, 0.3) is 0 Å². The van der Waals surface area contributed by atoms with Crippen LogP contribution in [0.1, 0.15) is 43.2 Å². The van der Waals surface area contributed by atoms with E-state index in [4.69, 9.17) is 5.11 Å². The van der Waals surface area contributed by atoms with Gasteiger partial charge < -0.3 is 10.00 Å². The summed E-state index contributed by atoms with van der Waals surface area (Å²) >= 11 is 0. The maximum atomic E-state index is 13.0. The lowest BCUT2D eigenvalue weighted by Gasteiger charge is -2.28. The largest absolute Gasteiger partial charge is 0.481 e. The number of benzene rings is 2. The zero-order chi connectivity index (χ0) is 18.3. The van der Waals surface area contributed by atoms with Gasteiger partial charge in [-0.25, -0.2) is 0 Å². The van der Waals surface area contributed by atoms with Crippen LogP contribution in [0.25, 0.3) is 0 Å². The second kappa shape index (κ2) is 8.98. The van der Waals surface area contributed by atoms with Crippen molar-refractivity contribution in [2.75, 3.05) is 0 Å². The average Bonchev–Trinajstić information content (AvgIpc) is 2.59. The Morgan fingerprint density at radius 3 is 2.16 bits per heavy atom. The molecule has 3 unspecified atom stereocenters. The molecule has 0 saturated carbocycles. The molecule has 2 aromatic rings. The highest BCUT2D eigenvalue weighted by molar-refractivity contribution is 7.58. The second-order valence-electron chi connectivity index (χ2n) is 6.44. The Hall–Kier alpha value is -1.90. The Morgan fingerprint density at radius 2 is 1.60 bits per heavy atom. The van der Waals surface area contributed by atoms with Crippen LogP contribution in [-0.4, -0.2) is 21.6 Å². The van der Waals surface area contributed by atoms with Crippen LogP contribution in [0.15, 0.2) is 60.7 Å². The van der Waals surface area contributed by atoms with Gasteiger partial charge in [-0.15, -0.1) is 0 Å². The molecular weight excluding hydrogens is 335 g/mol. The molecular formula is C20H25O4P. The standard InChI is InChI=1S/C20H25O4P/c1-16(25(23,24)15-17-9-4-2-5-10-17)19(13-8-14-20(21)22)18-11-6-3-7-12-18/h2-7,9-12,16,19H,8,13-15H2,1H3,(H,21,22)(H,23,24). The zero-order valence-electron chi connectivity index (χ0n) is 14.4. The third kappa shape index (κ3) is 5.84. The van der Waals surface area contributed by atoms with Gasteiger partial charge in [-0.3, -0.25) is 9.36 Å².